The number of fused-ring (bicyclic) bond motifs is 1. The molecule has 0 bridgehead atoms. The predicted octanol–water partition coefficient (Wildman–Crippen LogP) is 2.79. The van der Waals surface area contributed by atoms with Crippen molar-refractivity contribution in [2.45, 2.75) is 71.2 Å². The zero-order valence-electron chi connectivity index (χ0n) is 15.7. The third kappa shape index (κ3) is 3.68. The Morgan fingerprint density at radius 1 is 1.12 bits per heavy atom. The summed E-state index contributed by atoms with van der Waals surface area (Å²) in [6.07, 6.45) is -1.33. The molecule has 0 saturated carbocycles. The van der Waals surface area contributed by atoms with Gasteiger partial charge >= 0.3 is 5.97 Å². The Hall–Kier alpha value is -2.12. The minimum Gasteiger partial charge on any atom is -0.507 e. The number of carbonyl (C=O) groups excluding carboxylic acids is 1. The summed E-state index contributed by atoms with van der Waals surface area (Å²) in [5.74, 6) is -2.98. The maximum absolute atomic E-state index is 12.3. The molecule has 4 N–H and O–H groups in total. The summed E-state index contributed by atoms with van der Waals surface area (Å²) in [7, 11) is 0. The summed E-state index contributed by atoms with van der Waals surface area (Å²) in [6, 6.07) is 0. The number of Topliss-reactive ketones (excluding diaryl/α,β-unsaturated/α-hetero) is 1. The molecule has 0 amide bonds. The van der Waals surface area contributed by atoms with E-state index in [-0.39, 0.29) is 36.2 Å². The Morgan fingerprint density at radius 2 is 1.69 bits per heavy atom. The molecular weight excluding hydrogens is 340 g/mol. The Morgan fingerprint density at radius 3 is 2.19 bits per heavy atom. The van der Waals surface area contributed by atoms with Crippen molar-refractivity contribution in [1.82, 2.24) is 0 Å². The average molecular weight is 366 g/mol. The molecule has 3 atom stereocenters. The number of carbonyl (C=O) groups is 2. The molecule has 7 heteroatoms. The number of ketones is 1. The van der Waals surface area contributed by atoms with Crippen LogP contribution in [0.4, 0.5) is 0 Å². The zero-order valence-corrected chi connectivity index (χ0v) is 15.7. The summed E-state index contributed by atoms with van der Waals surface area (Å²) in [5.41, 5.74) is -0.575. The van der Waals surface area contributed by atoms with Gasteiger partial charge in [-0.1, -0.05) is 6.92 Å². The number of rotatable bonds is 5. The lowest BCUT2D eigenvalue weighted by molar-refractivity contribution is -0.128. The standard InChI is InChI=1S/C19H26O7/c1-8-10(3)26-12(6-11(20)7-19(4,5)25)14-13(8)9(2)16(21)15(17(14)22)18(23)24/h8,10,12,21-22,25H,6-7H2,1-5H3,(H,23,24). The van der Waals surface area contributed by atoms with Gasteiger partial charge in [-0.25, -0.2) is 4.79 Å². The van der Waals surface area contributed by atoms with E-state index in [2.05, 4.69) is 0 Å². The number of hydrogen-bond donors (Lipinski definition) is 4. The molecule has 1 aromatic rings. The highest BCUT2D eigenvalue weighted by Crippen LogP contribution is 2.49. The third-order valence-corrected chi connectivity index (χ3v) is 4.90. The number of hydrogen-bond acceptors (Lipinski definition) is 6. The van der Waals surface area contributed by atoms with Crippen LogP contribution in [0.25, 0.3) is 0 Å². The van der Waals surface area contributed by atoms with E-state index in [1.54, 1.807) is 6.92 Å². The molecule has 1 aromatic carbocycles. The zero-order chi connectivity index (χ0) is 20.0. The minimum atomic E-state index is -1.46. The van der Waals surface area contributed by atoms with Crippen LogP contribution in [0, 0.1) is 6.92 Å². The first-order valence-corrected chi connectivity index (χ1v) is 8.56. The Labute approximate surface area is 152 Å². The molecule has 3 unspecified atom stereocenters. The van der Waals surface area contributed by atoms with Gasteiger partial charge in [0, 0.05) is 24.3 Å². The first kappa shape index (κ1) is 20.2. The van der Waals surface area contributed by atoms with Crippen LogP contribution in [0.15, 0.2) is 0 Å². The fraction of sp³-hybridized carbons (Fsp3) is 0.579. The number of carboxylic acid groups (broad SMARTS) is 1. The van der Waals surface area contributed by atoms with Crippen LogP contribution in [-0.4, -0.2) is 43.9 Å². The lowest BCUT2D eigenvalue weighted by Crippen LogP contribution is -2.31. The summed E-state index contributed by atoms with van der Waals surface area (Å²) >= 11 is 0. The van der Waals surface area contributed by atoms with Crippen LogP contribution in [-0.2, 0) is 9.53 Å². The van der Waals surface area contributed by atoms with E-state index in [0.29, 0.717) is 11.1 Å². The van der Waals surface area contributed by atoms with Gasteiger partial charge in [-0.05, 0) is 38.8 Å². The summed E-state index contributed by atoms with van der Waals surface area (Å²) in [6.45, 7) is 8.30. The van der Waals surface area contributed by atoms with Gasteiger partial charge in [0.2, 0.25) is 0 Å². The second-order valence-corrected chi connectivity index (χ2v) is 7.68. The van der Waals surface area contributed by atoms with Crippen LogP contribution in [0.5, 0.6) is 11.5 Å². The van der Waals surface area contributed by atoms with Crippen molar-refractivity contribution in [2.75, 3.05) is 0 Å². The molecule has 0 spiro atoms. The van der Waals surface area contributed by atoms with Crippen molar-refractivity contribution in [3.8, 4) is 11.5 Å². The summed E-state index contributed by atoms with van der Waals surface area (Å²) in [4.78, 5) is 23.8. The van der Waals surface area contributed by atoms with E-state index in [1.165, 1.54) is 13.8 Å². The van der Waals surface area contributed by atoms with Crippen LogP contribution >= 0.6 is 0 Å². The molecule has 2 rings (SSSR count). The van der Waals surface area contributed by atoms with Crippen molar-refractivity contribution in [3.63, 3.8) is 0 Å². The lowest BCUT2D eigenvalue weighted by Gasteiger charge is -2.37. The van der Waals surface area contributed by atoms with Crippen molar-refractivity contribution >= 4 is 11.8 Å². The molecule has 144 valence electrons. The van der Waals surface area contributed by atoms with Gasteiger partial charge in [-0.3, -0.25) is 4.79 Å². The molecule has 0 saturated heterocycles. The molecular formula is C19H26O7. The van der Waals surface area contributed by atoms with Gasteiger partial charge in [-0.2, -0.15) is 0 Å². The maximum Gasteiger partial charge on any atom is 0.343 e. The van der Waals surface area contributed by atoms with Gasteiger partial charge in [-0.15, -0.1) is 0 Å². The van der Waals surface area contributed by atoms with E-state index in [4.69, 9.17) is 4.74 Å². The lowest BCUT2D eigenvalue weighted by atomic mass is 9.80. The van der Waals surface area contributed by atoms with Gasteiger partial charge in [0.1, 0.15) is 22.8 Å². The topological polar surface area (TPSA) is 124 Å². The predicted molar refractivity (Wildman–Crippen MR) is 93.7 cm³/mol. The highest BCUT2D eigenvalue weighted by molar-refractivity contribution is 5.96. The molecule has 7 nitrogen and oxygen atoms in total. The maximum atomic E-state index is 12.3. The summed E-state index contributed by atoms with van der Waals surface area (Å²) < 4.78 is 5.88. The number of phenols is 2. The van der Waals surface area contributed by atoms with Crippen LogP contribution in [0.3, 0.4) is 0 Å². The first-order valence-electron chi connectivity index (χ1n) is 8.56. The van der Waals surface area contributed by atoms with Crippen molar-refractivity contribution in [1.29, 1.82) is 0 Å². The van der Waals surface area contributed by atoms with Crippen molar-refractivity contribution < 1.29 is 34.8 Å². The number of benzene rings is 1. The van der Waals surface area contributed by atoms with Crippen LogP contribution in [0.1, 0.15) is 79.6 Å². The fourth-order valence-corrected chi connectivity index (χ4v) is 3.60. The minimum absolute atomic E-state index is 0.0876. The highest BCUT2D eigenvalue weighted by Gasteiger charge is 2.39. The van der Waals surface area contributed by atoms with E-state index >= 15 is 0 Å². The smallest absolute Gasteiger partial charge is 0.343 e. The second-order valence-electron chi connectivity index (χ2n) is 7.68. The van der Waals surface area contributed by atoms with Crippen LogP contribution in [0.2, 0.25) is 0 Å². The number of aliphatic hydroxyl groups is 1. The second kappa shape index (κ2) is 6.89. The number of aromatic hydroxyl groups is 2. The molecule has 0 fully saturated rings. The highest BCUT2D eigenvalue weighted by atomic mass is 16.5. The van der Waals surface area contributed by atoms with Gasteiger partial charge < -0.3 is 25.2 Å². The van der Waals surface area contributed by atoms with E-state index < -0.39 is 34.7 Å². The quantitative estimate of drug-likeness (QED) is 0.631. The van der Waals surface area contributed by atoms with E-state index in [9.17, 15) is 30.0 Å². The van der Waals surface area contributed by atoms with E-state index in [0.717, 1.165) is 0 Å². The van der Waals surface area contributed by atoms with Gasteiger partial charge in [0.05, 0.1) is 17.8 Å². The van der Waals surface area contributed by atoms with Gasteiger partial charge in [0.25, 0.3) is 0 Å². The Balaban J connectivity index is 2.58. The molecule has 1 aliphatic heterocycles. The molecule has 0 aliphatic carbocycles. The SMILES string of the molecule is Cc1c(O)c(C(=O)O)c(O)c2c1C(C)C(C)OC2CC(=O)CC(C)(C)O. The molecule has 0 radical (unpaired) electrons. The fourth-order valence-electron chi connectivity index (χ4n) is 3.60. The average Bonchev–Trinajstić information content (AvgIpc) is 2.46. The number of carboxylic acids is 1. The van der Waals surface area contributed by atoms with Crippen molar-refractivity contribution in [2.24, 2.45) is 0 Å². The third-order valence-electron chi connectivity index (χ3n) is 4.90. The van der Waals surface area contributed by atoms with Crippen LogP contribution < -0.4 is 0 Å². The largest absolute Gasteiger partial charge is 0.507 e. The molecule has 1 heterocycles. The summed E-state index contributed by atoms with van der Waals surface area (Å²) in [5, 5.41) is 40.0. The molecule has 26 heavy (non-hydrogen) atoms. The normalized spacial score (nSPS) is 22.8. The monoisotopic (exact) mass is 366 g/mol. The van der Waals surface area contributed by atoms with E-state index in [1.807, 2.05) is 13.8 Å². The number of ether oxygens (including phenoxy) is 1. The Kier molecular flexibility index (Phi) is 5.35. The van der Waals surface area contributed by atoms with Gasteiger partial charge in [0.15, 0.2) is 0 Å². The molecule has 1 aliphatic rings. The first-order chi connectivity index (χ1) is 11.8. The Bertz CT molecular complexity index is 745. The number of aromatic carboxylic acids is 1. The molecule has 0 aromatic heterocycles. The van der Waals surface area contributed by atoms with Crippen molar-refractivity contribution in [3.05, 3.63) is 22.3 Å².